The van der Waals surface area contributed by atoms with Gasteiger partial charge in [-0.25, -0.2) is 0 Å². The van der Waals surface area contributed by atoms with Gasteiger partial charge in [-0.3, -0.25) is 0 Å². The van der Waals surface area contributed by atoms with Crippen molar-refractivity contribution >= 4 is 62.1 Å². The summed E-state index contributed by atoms with van der Waals surface area (Å²) < 4.78 is 6.16. The van der Waals surface area contributed by atoms with E-state index >= 15 is 0 Å². The van der Waals surface area contributed by atoms with Crippen molar-refractivity contribution in [2.75, 3.05) is 4.90 Å². The van der Waals surface area contributed by atoms with Crippen LogP contribution in [0.5, 0.6) is 0 Å². The number of para-hydroxylation sites is 3. The lowest BCUT2D eigenvalue weighted by Crippen LogP contribution is -2.55. The van der Waals surface area contributed by atoms with Gasteiger partial charge < -0.3 is 9.32 Å². The quantitative estimate of drug-likeness (QED) is 0.213. The van der Waals surface area contributed by atoms with E-state index in [4.69, 9.17) is 4.42 Å². The molecule has 0 N–H and O–H groups in total. The Hall–Kier alpha value is -5.02. The Morgan fingerprint density at radius 1 is 0.537 bits per heavy atom. The molecule has 6 aromatic carbocycles. The van der Waals surface area contributed by atoms with Gasteiger partial charge in [-0.05, 0) is 94.6 Å². The van der Waals surface area contributed by atoms with E-state index in [1.54, 1.807) is 0 Å². The van der Waals surface area contributed by atoms with Crippen LogP contribution in [0.2, 0.25) is 0 Å². The Labute approximate surface area is 239 Å². The molecule has 0 amide bonds. The first-order valence-electron chi connectivity index (χ1n) is 14.3. The minimum Gasteiger partial charge on any atom is -0.456 e. The topological polar surface area (TPSA) is 16.4 Å². The van der Waals surface area contributed by atoms with Crippen LogP contribution in [0.1, 0.15) is 11.1 Å². The molecule has 2 nitrogen and oxygen atoms in total. The van der Waals surface area contributed by atoms with Crippen LogP contribution >= 0.6 is 0 Å². The highest BCUT2D eigenvalue weighted by molar-refractivity contribution is 7.01. The third kappa shape index (κ3) is 3.09. The number of rotatable bonds is 2. The number of aryl methyl sites for hydroxylation is 2. The van der Waals surface area contributed by atoms with Crippen LogP contribution in [0.3, 0.4) is 0 Å². The summed E-state index contributed by atoms with van der Waals surface area (Å²) in [5.41, 5.74) is 17.5. The van der Waals surface area contributed by atoms with Gasteiger partial charge in [0.25, 0.3) is 0 Å². The van der Waals surface area contributed by atoms with Crippen LogP contribution in [0, 0.1) is 13.8 Å². The first kappa shape index (κ1) is 22.8. The fourth-order valence-electron chi connectivity index (χ4n) is 7.30. The molecule has 0 atom stereocenters. The van der Waals surface area contributed by atoms with Crippen LogP contribution in [0.15, 0.2) is 126 Å². The summed E-state index contributed by atoms with van der Waals surface area (Å²) in [6.45, 7) is 4.69. The number of benzene rings is 6. The second kappa shape index (κ2) is 8.25. The third-order valence-electron chi connectivity index (χ3n) is 9.12. The Kier molecular flexibility index (Phi) is 4.58. The van der Waals surface area contributed by atoms with Crippen molar-refractivity contribution in [2.45, 2.75) is 13.8 Å². The summed E-state index contributed by atoms with van der Waals surface area (Å²) in [7, 11) is 0. The van der Waals surface area contributed by atoms with E-state index in [-0.39, 0.29) is 6.71 Å². The van der Waals surface area contributed by atoms with Gasteiger partial charge in [0.2, 0.25) is 6.71 Å². The van der Waals surface area contributed by atoms with Crippen molar-refractivity contribution in [3.8, 4) is 22.3 Å². The monoisotopic (exact) mass is 523 g/mol. The van der Waals surface area contributed by atoms with Gasteiger partial charge in [-0.2, -0.15) is 0 Å². The first-order chi connectivity index (χ1) is 20.2. The molecule has 2 aliphatic rings. The molecule has 0 radical (unpaired) electrons. The van der Waals surface area contributed by atoms with E-state index in [1.165, 1.54) is 66.8 Å². The Morgan fingerprint density at radius 3 is 2.22 bits per heavy atom. The molecule has 0 bridgehead atoms. The molecule has 0 fully saturated rings. The summed E-state index contributed by atoms with van der Waals surface area (Å²) in [4.78, 5) is 2.52. The van der Waals surface area contributed by atoms with Crippen molar-refractivity contribution < 1.29 is 4.42 Å². The van der Waals surface area contributed by atoms with Gasteiger partial charge in [-0.15, -0.1) is 0 Å². The summed E-state index contributed by atoms with van der Waals surface area (Å²) >= 11 is 0. The highest BCUT2D eigenvalue weighted by Crippen LogP contribution is 2.45. The first-order valence-corrected chi connectivity index (χ1v) is 14.3. The fraction of sp³-hybridized carbons (Fsp3) is 0.0526. The normalized spacial score (nSPS) is 13.0. The van der Waals surface area contributed by atoms with E-state index in [0.29, 0.717) is 0 Å². The molecular formula is C38H26BNO. The van der Waals surface area contributed by atoms with Gasteiger partial charge in [0, 0.05) is 27.8 Å². The smallest absolute Gasteiger partial charge is 0.248 e. The van der Waals surface area contributed by atoms with E-state index in [1.807, 2.05) is 12.1 Å². The number of fused-ring (bicyclic) bond motifs is 8. The molecule has 0 spiro atoms. The summed E-state index contributed by atoms with van der Waals surface area (Å²) in [5.74, 6) is 0. The summed E-state index contributed by atoms with van der Waals surface area (Å²) in [5, 5.41) is 2.31. The third-order valence-corrected chi connectivity index (χ3v) is 9.12. The van der Waals surface area contributed by atoms with Crippen LogP contribution < -0.4 is 21.3 Å². The molecule has 9 rings (SSSR count). The van der Waals surface area contributed by atoms with Crippen molar-refractivity contribution in [1.29, 1.82) is 0 Å². The molecule has 0 saturated heterocycles. The SMILES string of the molecule is Cc1ccccc1N1c2cc(-c3ccc4oc5ccccc5c4c3)cc3c2B(c2ccccc2-3)c2cccc(C)c21. The molecule has 7 aromatic rings. The van der Waals surface area contributed by atoms with Crippen molar-refractivity contribution in [3.05, 3.63) is 132 Å². The Balaban J connectivity index is 1.38. The van der Waals surface area contributed by atoms with Crippen molar-refractivity contribution in [3.63, 3.8) is 0 Å². The van der Waals surface area contributed by atoms with Crippen molar-refractivity contribution in [1.82, 2.24) is 0 Å². The molecule has 41 heavy (non-hydrogen) atoms. The molecule has 0 aliphatic carbocycles. The maximum atomic E-state index is 6.16. The minimum absolute atomic E-state index is 0.223. The largest absolute Gasteiger partial charge is 0.456 e. The van der Waals surface area contributed by atoms with Crippen LogP contribution in [-0.2, 0) is 0 Å². The van der Waals surface area contributed by atoms with Crippen LogP contribution in [0.4, 0.5) is 17.1 Å². The average Bonchev–Trinajstić information content (AvgIpc) is 3.54. The van der Waals surface area contributed by atoms with Gasteiger partial charge in [-0.1, -0.05) is 90.4 Å². The highest BCUT2D eigenvalue weighted by atomic mass is 16.3. The number of hydrogen-bond acceptors (Lipinski definition) is 2. The predicted molar refractivity (Wildman–Crippen MR) is 173 cm³/mol. The van der Waals surface area contributed by atoms with E-state index < -0.39 is 0 Å². The molecule has 3 heterocycles. The fourth-order valence-corrected chi connectivity index (χ4v) is 7.30. The molecular weight excluding hydrogens is 497 g/mol. The van der Waals surface area contributed by atoms with Crippen LogP contribution in [0.25, 0.3) is 44.2 Å². The lowest BCUT2D eigenvalue weighted by atomic mass is 9.37. The second-order valence-corrected chi connectivity index (χ2v) is 11.4. The Bertz CT molecular complexity index is 2210. The van der Waals surface area contributed by atoms with Gasteiger partial charge in [0.1, 0.15) is 11.2 Å². The minimum atomic E-state index is 0.223. The highest BCUT2D eigenvalue weighted by Gasteiger charge is 2.43. The second-order valence-electron chi connectivity index (χ2n) is 11.4. The zero-order valence-electron chi connectivity index (χ0n) is 23.0. The van der Waals surface area contributed by atoms with E-state index in [9.17, 15) is 0 Å². The zero-order chi connectivity index (χ0) is 27.2. The molecule has 0 saturated carbocycles. The molecule has 192 valence electrons. The van der Waals surface area contributed by atoms with Gasteiger partial charge >= 0.3 is 0 Å². The Morgan fingerprint density at radius 2 is 1.29 bits per heavy atom. The zero-order valence-corrected chi connectivity index (χ0v) is 23.0. The molecule has 2 aliphatic heterocycles. The predicted octanol–water partition coefficient (Wildman–Crippen LogP) is 8.15. The molecule has 0 unspecified atom stereocenters. The standard InChI is InChI=1S/C38H26BNO/c1-23-10-3-7-16-33(23)40-34-22-26(25-18-19-36-29(20-25)28-13-5-8-17-35(28)41-36)21-30-27-12-4-6-14-31(27)39(37(30)34)32-15-9-11-24(2)38(32)40/h3-22H,1-2H3. The summed E-state index contributed by atoms with van der Waals surface area (Å²) in [6, 6.07) is 44.3. The maximum Gasteiger partial charge on any atom is 0.248 e. The van der Waals surface area contributed by atoms with Crippen LogP contribution in [-0.4, -0.2) is 6.71 Å². The molecule has 1 aromatic heterocycles. The van der Waals surface area contributed by atoms with E-state index in [0.717, 1.165) is 21.9 Å². The van der Waals surface area contributed by atoms with E-state index in [2.05, 4.69) is 128 Å². The molecule has 3 heteroatoms. The van der Waals surface area contributed by atoms with Crippen molar-refractivity contribution in [2.24, 2.45) is 0 Å². The number of furan rings is 1. The lowest BCUT2D eigenvalue weighted by molar-refractivity contribution is 0.669. The maximum absolute atomic E-state index is 6.16. The number of hydrogen-bond donors (Lipinski definition) is 0. The van der Waals surface area contributed by atoms with Gasteiger partial charge in [0.05, 0.1) is 0 Å². The summed E-state index contributed by atoms with van der Waals surface area (Å²) in [6.07, 6.45) is 0. The number of nitrogens with zero attached hydrogens (tertiary/aromatic N) is 1. The lowest BCUT2D eigenvalue weighted by Gasteiger charge is -2.38. The van der Waals surface area contributed by atoms with Gasteiger partial charge in [0.15, 0.2) is 0 Å². The average molecular weight is 523 g/mol. The number of anilines is 3.